The van der Waals surface area contributed by atoms with Gasteiger partial charge >= 0.3 is 0 Å². The molecule has 5 aromatic rings. The van der Waals surface area contributed by atoms with Crippen LogP contribution in [-0.4, -0.2) is 29.9 Å². The Morgan fingerprint density at radius 3 is 2.65 bits per heavy atom. The van der Waals surface area contributed by atoms with Gasteiger partial charge in [-0.2, -0.15) is 10.2 Å². The number of aromatic nitrogens is 6. The fraction of sp³-hybridized carbons (Fsp3) is 0.192. The second-order valence-corrected chi connectivity index (χ2v) is 8.38. The zero-order valence-electron chi connectivity index (χ0n) is 19.3. The van der Waals surface area contributed by atoms with Crippen molar-refractivity contribution in [3.05, 3.63) is 84.4 Å². The summed E-state index contributed by atoms with van der Waals surface area (Å²) in [5.74, 6) is 2.51. The molecular weight excluding hydrogens is 426 g/mol. The predicted octanol–water partition coefficient (Wildman–Crippen LogP) is 5.27. The van der Waals surface area contributed by atoms with Crippen molar-refractivity contribution in [2.45, 2.75) is 26.4 Å². The Bertz CT molecular complexity index is 1430. The summed E-state index contributed by atoms with van der Waals surface area (Å²) in [4.78, 5) is 9.38. The van der Waals surface area contributed by atoms with Crippen LogP contribution in [0.3, 0.4) is 0 Å². The van der Waals surface area contributed by atoms with E-state index in [0.717, 1.165) is 39.2 Å². The largest absolute Gasteiger partial charge is 0.487 e. The fourth-order valence-electron chi connectivity index (χ4n) is 3.66. The Labute approximate surface area is 197 Å². The SMILES string of the molecule is CC(C)c1cnnc(Nc2ccc3ncc(-c4cn(C)nc4COc4ccccc4)cc3n2)c1. The lowest BCUT2D eigenvalue weighted by Crippen LogP contribution is -2.00. The average Bonchev–Trinajstić information content (AvgIpc) is 3.23. The second-order valence-electron chi connectivity index (χ2n) is 8.38. The van der Waals surface area contributed by atoms with E-state index < -0.39 is 0 Å². The predicted molar refractivity (Wildman–Crippen MR) is 132 cm³/mol. The van der Waals surface area contributed by atoms with E-state index in [0.29, 0.717) is 24.2 Å². The summed E-state index contributed by atoms with van der Waals surface area (Å²) in [7, 11) is 1.90. The summed E-state index contributed by atoms with van der Waals surface area (Å²) < 4.78 is 7.72. The van der Waals surface area contributed by atoms with Crippen molar-refractivity contribution < 1.29 is 4.74 Å². The van der Waals surface area contributed by atoms with Gasteiger partial charge in [0, 0.05) is 30.6 Å². The highest BCUT2D eigenvalue weighted by Crippen LogP contribution is 2.27. The Morgan fingerprint density at radius 2 is 1.82 bits per heavy atom. The third kappa shape index (κ3) is 4.71. The van der Waals surface area contributed by atoms with Crippen LogP contribution in [-0.2, 0) is 13.7 Å². The lowest BCUT2D eigenvalue weighted by molar-refractivity contribution is 0.300. The number of pyridine rings is 2. The molecule has 34 heavy (non-hydrogen) atoms. The number of para-hydroxylation sites is 1. The van der Waals surface area contributed by atoms with Crippen LogP contribution in [0.2, 0.25) is 0 Å². The Kier molecular flexibility index (Phi) is 5.86. The van der Waals surface area contributed by atoms with E-state index in [2.05, 4.69) is 39.4 Å². The Morgan fingerprint density at radius 1 is 0.971 bits per heavy atom. The summed E-state index contributed by atoms with van der Waals surface area (Å²) in [6.07, 6.45) is 5.60. The molecule has 5 rings (SSSR count). The molecular formula is C26H25N7O. The van der Waals surface area contributed by atoms with Gasteiger partial charge in [-0.05, 0) is 47.9 Å². The highest BCUT2D eigenvalue weighted by Gasteiger charge is 2.13. The molecule has 0 aliphatic rings. The van der Waals surface area contributed by atoms with E-state index in [1.807, 2.05) is 74.0 Å². The Hall–Kier alpha value is -4.33. The summed E-state index contributed by atoms with van der Waals surface area (Å²) in [5.41, 5.74) is 5.42. The number of fused-ring (bicyclic) bond motifs is 1. The summed E-state index contributed by atoms with van der Waals surface area (Å²) in [6.45, 7) is 4.61. The van der Waals surface area contributed by atoms with Crippen molar-refractivity contribution in [2.75, 3.05) is 5.32 Å². The monoisotopic (exact) mass is 451 g/mol. The number of benzene rings is 1. The second kappa shape index (κ2) is 9.27. The summed E-state index contributed by atoms with van der Waals surface area (Å²) >= 11 is 0. The maximum atomic E-state index is 5.93. The third-order valence-corrected chi connectivity index (χ3v) is 5.47. The summed E-state index contributed by atoms with van der Waals surface area (Å²) in [5, 5.41) is 16.1. The van der Waals surface area contributed by atoms with Crippen LogP contribution in [0.4, 0.5) is 11.6 Å². The molecule has 1 N–H and O–H groups in total. The third-order valence-electron chi connectivity index (χ3n) is 5.47. The van der Waals surface area contributed by atoms with Crippen LogP contribution >= 0.6 is 0 Å². The molecule has 0 amide bonds. The number of aryl methyl sites for hydroxylation is 1. The van der Waals surface area contributed by atoms with Crippen LogP contribution in [0.15, 0.2) is 73.2 Å². The molecule has 0 fully saturated rings. The van der Waals surface area contributed by atoms with E-state index in [4.69, 9.17) is 9.72 Å². The van der Waals surface area contributed by atoms with Gasteiger partial charge in [0.25, 0.3) is 0 Å². The maximum Gasteiger partial charge on any atom is 0.154 e. The van der Waals surface area contributed by atoms with Crippen LogP contribution in [0.1, 0.15) is 31.0 Å². The van der Waals surface area contributed by atoms with Gasteiger partial charge in [0.05, 0.1) is 17.2 Å². The first-order chi connectivity index (χ1) is 16.5. The minimum Gasteiger partial charge on any atom is -0.487 e. The van der Waals surface area contributed by atoms with Crippen molar-refractivity contribution in [2.24, 2.45) is 7.05 Å². The smallest absolute Gasteiger partial charge is 0.154 e. The van der Waals surface area contributed by atoms with E-state index >= 15 is 0 Å². The van der Waals surface area contributed by atoms with Crippen molar-refractivity contribution in [1.29, 1.82) is 0 Å². The number of hydrogen-bond acceptors (Lipinski definition) is 7. The molecule has 0 unspecified atom stereocenters. The van der Waals surface area contributed by atoms with Crippen LogP contribution in [0.5, 0.6) is 5.75 Å². The first kappa shape index (κ1) is 21.5. The van der Waals surface area contributed by atoms with Gasteiger partial charge in [-0.15, -0.1) is 5.10 Å². The van der Waals surface area contributed by atoms with Crippen LogP contribution in [0, 0.1) is 0 Å². The molecule has 0 aliphatic heterocycles. The number of nitrogens with zero attached hydrogens (tertiary/aromatic N) is 6. The molecule has 8 nitrogen and oxygen atoms in total. The molecule has 0 bridgehead atoms. The minimum atomic E-state index is 0.359. The van der Waals surface area contributed by atoms with Crippen molar-refractivity contribution in [1.82, 2.24) is 29.9 Å². The summed E-state index contributed by atoms with van der Waals surface area (Å²) in [6, 6.07) is 17.6. The first-order valence-electron chi connectivity index (χ1n) is 11.1. The van der Waals surface area contributed by atoms with Crippen LogP contribution in [0.25, 0.3) is 22.2 Å². The van der Waals surface area contributed by atoms with Gasteiger partial charge in [-0.3, -0.25) is 9.67 Å². The molecule has 170 valence electrons. The molecule has 1 aromatic carbocycles. The van der Waals surface area contributed by atoms with E-state index in [9.17, 15) is 0 Å². The molecule has 8 heteroatoms. The molecule has 4 heterocycles. The lowest BCUT2D eigenvalue weighted by atomic mass is 10.1. The van der Waals surface area contributed by atoms with Crippen molar-refractivity contribution in [3.63, 3.8) is 0 Å². The van der Waals surface area contributed by atoms with Gasteiger partial charge < -0.3 is 10.1 Å². The quantitative estimate of drug-likeness (QED) is 0.361. The van der Waals surface area contributed by atoms with Gasteiger partial charge in [-0.1, -0.05) is 32.0 Å². The Balaban J connectivity index is 1.42. The molecule has 0 atom stereocenters. The molecule has 0 saturated carbocycles. The number of hydrogen-bond donors (Lipinski definition) is 1. The zero-order chi connectivity index (χ0) is 23.5. The maximum absolute atomic E-state index is 5.93. The number of nitrogens with one attached hydrogen (secondary N) is 1. The van der Waals surface area contributed by atoms with E-state index in [-0.39, 0.29) is 0 Å². The highest BCUT2D eigenvalue weighted by molar-refractivity contribution is 5.82. The molecule has 4 aromatic heterocycles. The van der Waals surface area contributed by atoms with Gasteiger partial charge in [0.1, 0.15) is 23.9 Å². The standard InChI is InChI=1S/C26H25N7O/c1-17(2)18-12-26(31-28-14-18)30-25-10-9-22-23(29-25)11-19(13-27-22)21-15-33(3)32-24(21)16-34-20-7-5-4-6-8-20/h4-15,17H,16H2,1-3H3,(H,29,30,31). The number of ether oxygens (including phenoxy) is 1. The molecule has 0 aliphatic carbocycles. The number of anilines is 2. The normalized spacial score (nSPS) is 11.2. The average molecular weight is 452 g/mol. The van der Waals surface area contributed by atoms with E-state index in [1.165, 1.54) is 0 Å². The lowest BCUT2D eigenvalue weighted by Gasteiger charge is -2.09. The zero-order valence-corrected chi connectivity index (χ0v) is 19.3. The fourth-order valence-corrected chi connectivity index (χ4v) is 3.66. The number of rotatable bonds is 7. The van der Waals surface area contributed by atoms with Crippen LogP contribution < -0.4 is 10.1 Å². The molecule has 0 spiro atoms. The molecule has 0 saturated heterocycles. The minimum absolute atomic E-state index is 0.359. The van der Waals surface area contributed by atoms with Gasteiger partial charge in [0.2, 0.25) is 0 Å². The first-order valence-corrected chi connectivity index (χ1v) is 11.1. The van der Waals surface area contributed by atoms with E-state index in [1.54, 1.807) is 10.9 Å². The van der Waals surface area contributed by atoms with Crippen molar-refractivity contribution in [3.8, 4) is 16.9 Å². The molecule has 0 radical (unpaired) electrons. The van der Waals surface area contributed by atoms with Gasteiger partial charge in [-0.25, -0.2) is 4.98 Å². The van der Waals surface area contributed by atoms with Gasteiger partial charge in [0.15, 0.2) is 5.82 Å². The van der Waals surface area contributed by atoms with Crippen molar-refractivity contribution >= 4 is 22.7 Å². The topological polar surface area (TPSA) is 90.6 Å². The highest BCUT2D eigenvalue weighted by atomic mass is 16.5.